The molecule has 0 aliphatic carbocycles. The number of benzene rings is 1. The molecule has 2 rings (SSSR count). The molecule has 0 amide bonds. The fourth-order valence-corrected chi connectivity index (χ4v) is 1.86. The van der Waals surface area contributed by atoms with Crippen LogP contribution in [0.15, 0.2) is 24.4 Å². The maximum absolute atomic E-state index is 6.09. The molecule has 1 heterocycles. The fraction of sp³-hybridized carbons (Fsp3) is 0.0909. The molecule has 0 aliphatic rings. The van der Waals surface area contributed by atoms with Crippen molar-refractivity contribution >= 4 is 46.3 Å². The van der Waals surface area contributed by atoms with Gasteiger partial charge in [0.2, 0.25) is 5.28 Å². The molecule has 3 nitrogen and oxygen atoms in total. The second-order valence-corrected chi connectivity index (χ2v) is 4.57. The van der Waals surface area contributed by atoms with E-state index >= 15 is 0 Å². The Morgan fingerprint density at radius 2 is 1.88 bits per heavy atom. The molecule has 0 aliphatic heterocycles. The molecular formula is C11H8Cl3N3. The van der Waals surface area contributed by atoms with Crippen LogP contribution in [0.2, 0.25) is 15.3 Å². The van der Waals surface area contributed by atoms with E-state index in [2.05, 4.69) is 15.3 Å². The fourth-order valence-electron chi connectivity index (χ4n) is 1.28. The summed E-state index contributed by atoms with van der Waals surface area (Å²) in [6.45, 7) is 1.89. The monoisotopic (exact) mass is 287 g/mol. The first-order chi connectivity index (χ1) is 8.06. The van der Waals surface area contributed by atoms with E-state index in [1.165, 1.54) is 0 Å². The van der Waals surface area contributed by atoms with E-state index < -0.39 is 0 Å². The second-order valence-electron chi connectivity index (χ2n) is 3.42. The molecule has 1 N–H and O–H groups in total. The molecule has 0 bridgehead atoms. The lowest BCUT2D eigenvalue weighted by Crippen LogP contribution is -1.96. The third-order valence-electron chi connectivity index (χ3n) is 2.14. The van der Waals surface area contributed by atoms with Gasteiger partial charge < -0.3 is 5.32 Å². The summed E-state index contributed by atoms with van der Waals surface area (Å²) in [6.07, 6.45) is 1.56. The Labute approximate surface area is 114 Å². The van der Waals surface area contributed by atoms with Crippen LogP contribution in [0.5, 0.6) is 0 Å². The Morgan fingerprint density at radius 1 is 1.12 bits per heavy atom. The second kappa shape index (κ2) is 5.08. The van der Waals surface area contributed by atoms with Gasteiger partial charge in [0.05, 0.1) is 10.7 Å². The molecule has 6 heteroatoms. The molecule has 1 aromatic carbocycles. The van der Waals surface area contributed by atoms with Gasteiger partial charge in [0.25, 0.3) is 0 Å². The van der Waals surface area contributed by atoms with Crippen molar-refractivity contribution in [2.75, 3.05) is 5.32 Å². The molecule has 0 saturated carbocycles. The molecule has 0 saturated heterocycles. The minimum atomic E-state index is 0.171. The predicted octanol–water partition coefficient (Wildman–Crippen LogP) is 4.49. The van der Waals surface area contributed by atoms with Crippen LogP contribution < -0.4 is 5.32 Å². The van der Waals surface area contributed by atoms with Crippen molar-refractivity contribution in [3.63, 3.8) is 0 Å². The first-order valence-corrected chi connectivity index (χ1v) is 5.91. The lowest BCUT2D eigenvalue weighted by atomic mass is 10.2. The van der Waals surface area contributed by atoms with Gasteiger partial charge in [-0.2, -0.15) is 0 Å². The average molecular weight is 289 g/mol. The van der Waals surface area contributed by atoms with Crippen molar-refractivity contribution in [2.45, 2.75) is 6.92 Å². The van der Waals surface area contributed by atoms with Crippen LogP contribution >= 0.6 is 34.8 Å². The van der Waals surface area contributed by atoms with Crippen LogP contribution in [0.25, 0.3) is 0 Å². The van der Waals surface area contributed by atoms with Gasteiger partial charge in [0.1, 0.15) is 5.82 Å². The van der Waals surface area contributed by atoms with Gasteiger partial charge in [-0.1, -0.05) is 23.2 Å². The molecule has 1 aromatic heterocycles. The van der Waals surface area contributed by atoms with Gasteiger partial charge in [0, 0.05) is 11.2 Å². The number of anilines is 2. The zero-order valence-corrected chi connectivity index (χ0v) is 11.1. The van der Waals surface area contributed by atoms with E-state index in [1.807, 2.05) is 6.92 Å². The quantitative estimate of drug-likeness (QED) is 0.827. The van der Waals surface area contributed by atoms with E-state index in [0.717, 1.165) is 5.56 Å². The van der Waals surface area contributed by atoms with E-state index in [0.29, 0.717) is 21.6 Å². The van der Waals surface area contributed by atoms with Crippen molar-refractivity contribution in [3.05, 3.63) is 45.3 Å². The molecule has 17 heavy (non-hydrogen) atoms. The summed E-state index contributed by atoms with van der Waals surface area (Å²) in [4.78, 5) is 7.79. The average Bonchev–Trinajstić information content (AvgIpc) is 2.26. The summed E-state index contributed by atoms with van der Waals surface area (Å²) in [7, 11) is 0. The van der Waals surface area contributed by atoms with E-state index in [-0.39, 0.29) is 5.28 Å². The lowest BCUT2D eigenvalue weighted by molar-refractivity contribution is 1.17. The van der Waals surface area contributed by atoms with Gasteiger partial charge in [-0.05, 0) is 42.3 Å². The number of nitrogens with zero attached hydrogens (tertiary/aromatic N) is 2. The Hall–Kier alpha value is -1.03. The van der Waals surface area contributed by atoms with Crippen molar-refractivity contribution in [3.8, 4) is 0 Å². The van der Waals surface area contributed by atoms with Crippen molar-refractivity contribution in [2.24, 2.45) is 0 Å². The standard InChI is InChI=1S/C11H8Cl3N3/c1-6-4-8(13)9(5-7(6)12)16-10-2-3-15-11(14)17-10/h2-5H,1H3,(H,15,16,17). The van der Waals surface area contributed by atoms with Crippen molar-refractivity contribution in [1.82, 2.24) is 9.97 Å². The topological polar surface area (TPSA) is 37.8 Å². The zero-order chi connectivity index (χ0) is 12.4. The van der Waals surface area contributed by atoms with Crippen LogP contribution in [-0.4, -0.2) is 9.97 Å². The number of halogens is 3. The highest BCUT2D eigenvalue weighted by atomic mass is 35.5. The molecule has 0 spiro atoms. The largest absolute Gasteiger partial charge is 0.339 e. The molecule has 0 atom stereocenters. The molecule has 88 valence electrons. The normalized spacial score (nSPS) is 10.4. The van der Waals surface area contributed by atoms with Gasteiger partial charge in [0.15, 0.2) is 0 Å². The summed E-state index contributed by atoms with van der Waals surface area (Å²) in [6, 6.07) is 5.22. The number of hydrogen-bond donors (Lipinski definition) is 1. The minimum absolute atomic E-state index is 0.171. The number of hydrogen-bond acceptors (Lipinski definition) is 3. The first-order valence-electron chi connectivity index (χ1n) is 4.77. The third kappa shape index (κ3) is 3.00. The van der Waals surface area contributed by atoms with Gasteiger partial charge >= 0.3 is 0 Å². The maximum Gasteiger partial charge on any atom is 0.224 e. The number of aromatic nitrogens is 2. The zero-order valence-electron chi connectivity index (χ0n) is 8.84. The molecule has 0 radical (unpaired) electrons. The summed E-state index contributed by atoms with van der Waals surface area (Å²) in [5.41, 5.74) is 1.60. The van der Waals surface area contributed by atoms with Crippen molar-refractivity contribution < 1.29 is 0 Å². The highest BCUT2D eigenvalue weighted by Gasteiger charge is 2.06. The van der Waals surface area contributed by atoms with E-state index in [4.69, 9.17) is 34.8 Å². The van der Waals surface area contributed by atoms with E-state index in [1.54, 1.807) is 24.4 Å². The predicted molar refractivity (Wildman–Crippen MR) is 71.5 cm³/mol. The van der Waals surface area contributed by atoms with Gasteiger partial charge in [-0.3, -0.25) is 0 Å². The summed E-state index contributed by atoms with van der Waals surface area (Å²) in [5.74, 6) is 0.562. The molecule has 2 aromatic rings. The van der Waals surface area contributed by atoms with Crippen molar-refractivity contribution in [1.29, 1.82) is 0 Å². The van der Waals surface area contributed by atoms with Crippen LogP contribution in [-0.2, 0) is 0 Å². The Kier molecular flexibility index (Phi) is 3.72. The van der Waals surface area contributed by atoms with Crippen LogP contribution in [0, 0.1) is 6.92 Å². The highest BCUT2D eigenvalue weighted by Crippen LogP contribution is 2.30. The molecule has 0 unspecified atom stereocenters. The number of nitrogens with one attached hydrogen (secondary N) is 1. The van der Waals surface area contributed by atoms with Crippen LogP contribution in [0.4, 0.5) is 11.5 Å². The smallest absolute Gasteiger partial charge is 0.224 e. The SMILES string of the molecule is Cc1cc(Cl)c(Nc2ccnc(Cl)n2)cc1Cl. The molecular weight excluding hydrogens is 281 g/mol. The van der Waals surface area contributed by atoms with E-state index in [9.17, 15) is 0 Å². The Morgan fingerprint density at radius 3 is 2.59 bits per heavy atom. The van der Waals surface area contributed by atoms with Crippen LogP contribution in [0.1, 0.15) is 5.56 Å². The molecule has 0 fully saturated rings. The first kappa shape index (κ1) is 12.4. The number of aryl methyl sites for hydroxylation is 1. The summed E-state index contributed by atoms with van der Waals surface area (Å²) < 4.78 is 0. The highest BCUT2D eigenvalue weighted by molar-refractivity contribution is 6.35. The summed E-state index contributed by atoms with van der Waals surface area (Å²) >= 11 is 17.8. The van der Waals surface area contributed by atoms with Crippen LogP contribution in [0.3, 0.4) is 0 Å². The van der Waals surface area contributed by atoms with Gasteiger partial charge in [-0.15, -0.1) is 0 Å². The maximum atomic E-state index is 6.09. The number of rotatable bonds is 2. The summed E-state index contributed by atoms with van der Waals surface area (Å²) in [5, 5.41) is 4.41. The van der Waals surface area contributed by atoms with Gasteiger partial charge in [-0.25, -0.2) is 9.97 Å². The Balaban J connectivity index is 2.33. The lowest BCUT2D eigenvalue weighted by Gasteiger charge is -2.09. The minimum Gasteiger partial charge on any atom is -0.339 e. The third-order valence-corrected chi connectivity index (χ3v) is 3.04. The Bertz CT molecular complexity index is 558.